The number of aromatic nitrogens is 1. The van der Waals surface area contributed by atoms with Crippen LogP contribution in [0, 0.1) is 11.8 Å². The molecule has 1 aromatic heterocycles. The van der Waals surface area contributed by atoms with E-state index in [9.17, 15) is 14.4 Å². The third-order valence-corrected chi connectivity index (χ3v) is 9.90. The molecule has 3 aliphatic rings. The minimum Gasteiger partial charge on any atom is -0.459 e. The van der Waals surface area contributed by atoms with E-state index in [0.717, 1.165) is 71.3 Å². The summed E-state index contributed by atoms with van der Waals surface area (Å²) in [4.78, 5) is 45.7. The summed E-state index contributed by atoms with van der Waals surface area (Å²) < 4.78 is 6.86. The predicted molar refractivity (Wildman–Crippen MR) is 160 cm³/mol. The van der Waals surface area contributed by atoms with Gasteiger partial charge in [-0.2, -0.15) is 0 Å². The molecule has 7 nitrogen and oxygen atoms in total. The van der Waals surface area contributed by atoms with Crippen molar-refractivity contribution in [2.24, 2.45) is 11.8 Å². The van der Waals surface area contributed by atoms with Crippen LogP contribution in [0.15, 0.2) is 33.3 Å². The molecule has 0 bridgehead atoms. The molecule has 2 saturated heterocycles. The molecule has 1 aliphatic carbocycles. The Balaban J connectivity index is 1.23. The summed E-state index contributed by atoms with van der Waals surface area (Å²) in [6, 6.07) is 6.28. The summed E-state index contributed by atoms with van der Waals surface area (Å²) in [5.74, 6) is -0.456. The predicted octanol–water partition coefficient (Wildman–Crippen LogP) is 5.92. The van der Waals surface area contributed by atoms with Gasteiger partial charge >= 0.3 is 11.9 Å². The SMILES string of the molecule is CCOC(=O)C(=O)N1CCC(CC(=O)N2CCC([C@H]3c4ncc(Br)cc4CCc4cc(Cl)cc(Br)c43)CC2)CC1. The largest absolute Gasteiger partial charge is 0.459 e. The summed E-state index contributed by atoms with van der Waals surface area (Å²) in [6.07, 6.45) is 7.48. The monoisotopic (exact) mass is 693 g/mol. The van der Waals surface area contributed by atoms with Crippen LogP contribution in [0.25, 0.3) is 0 Å². The van der Waals surface area contributed by atoms with Gasteiger partial charge in [0.05, 0.1) is 12.3 Å². The lowest BCUT2D eigenvalue weighted by Gasteiger charge is -2.38. The van der Waals surface area contributed by atoms with E-state index in [1.165, 1.54) is 16.7 Å². The topological polar surface area (TPSA) is 79.8 Å². The molecule has 0 radical (unpaired) electrons. The molecule has 2 aromatic rings. The molecule has 2 aliphatic heterocycles. The van der Waals surface area contributed by atoms with Crippen LogP contribution in [0.4, 0.5) is 0 Å². The van der Waals surface area contributed by atoms with Crippen molar-refractivity contribution in [2.75, 3.05) is 32.8 Å². The van der Waals surface area contributed by atoms with Crippen LogP contribution in [0.3, 0.4) is 0 Å². The number of pyridine rings is 1. The number of carbonyl (C=O) groups excluding carboxylic acids is 3. The maximum Gasteiger partial charge on any atom is 0.397 e. The number of rotatable bonds is 4. The Morgan fingerprint density at radius 2 is 1.65 bits per heavy atom. The molecule has 2 fully saturated rings. The van der Waals surface area contributed by atoms with Gasteiger partial charge in [-0.1, -0.05) is 27.5 Å². The van der Waals surface area contributed by atoms with Crippen LogP contribution < -0.4 is 0 Å². The van der Waals surface area contributed by atoms with Gasteiger partial charge in [0.2, 0.25) is 5.91 Å². The number of carbonyl (C=O) groups is 3. The van der Waals surface area contributed by atoms with Gasteiger partial charge in [0.1, 0.15) is 0 Å². The fraction of sp³-hybridized carbons (Fsp3) is 0.533. The molecular formula is C30H34Br2ClN3O4. The van der Waals surface area contributed by atoms with Crippen LogP contribution in [0.1, 0.15) is 67.3 Å². The van der Waals surface area contributed by atoms with E-state index in [0.29, 0.717) is 25.4 Å². The van der Waals surface area contributed by atoms with E-state index < -0.39 is 11.9 Å². The number of esters is 1. The number of hydrogen-bond acceptors (Lipinski definition) is 5. The minimum absolute atomic E-state index is 0.144. The van der Waals surface area contributed by atoms with Crippen molar-refractivity contribution < 1.29 is 19.1 Å². The van der Waals surface area contributed by atoms with Gasteiger partial charge < -0.3 is 14.5 Å². The number of piperidine rings is 2. The van der Waals surface area contributed by atoms with Gasteiger partial charge in [-0.25, -0.2) is 4.79 Å². The number of amides is 2. The lowest BCUT2D eigenvalue weighted by molar-refractivity contribution is -0.160. The van der Waals surface area contributed by atoms with E-state index in [-0.39, 0.29) is 24.3 Å². The quantitative estimate of drug-likeness (QED) is 0.293. The molecule has 3 heterocycles. The number of likely N-dealkylation sites (tertiary alicyclic amines) is 2. The number of fused-ring (bicyclic) bond motifs is 2. The molecule has 0 spiro atoms. The second-order valence-corrected chi connectivity index (χ2v) is 13.2. The molecule has 2 amide bonds. The lowest BCUT2D eigenvalue weighted by atomic mass is 9.76. The second kappa shape index (κ2) is 12.9. The van der Waals surface area contributed by atoms with Gasteiger partial charge in [-0.15, -0.1) is 0 Å². The fourth-order valence-corrected chi connectivity index (χ4v) is 8.05. The third-order valence-electron chi connectivity index (χ3n) is 8.60. The number of ether oxygens (including phenoxy) is 1. The average molecular weight is 696 g/mol. The maximum atomic E-state index is 13.3. The van der Waals surface area contributed by atoms with Crippen molar-refractivity contribution in [2.45, 2.75) is 57.8 Å². The Labute approximate surface area is 257 Å². The highest BCUT2D eigenvalue weighted by atomic mass is 79.9. The van der Waals surface area contributed by atoms with E-state index in [1.54, 1.807) is 11.8 Å². The van der Waals surface area contributed by atoms with Crippen molar-refractivity contribution in [3.05, 3.63) is 60.7 Å². The minimum atomic E-state index is -0.795. The molecule has 1 atom stereocenters. The highest BCUT2D eigenvalue weighted by Crippen LogP contribution is 2.46. The maximum absolute atomic E-state index is 13.3. The molecule has 1 aromatic carbocycles. The number of halogens is 3. The van der Waals surface area contributed by atoms with E-state index in [4.69, 9.17) is 21.3 Å². The van der Waals surface area contributed by atoms with Crippen LogP contribution >= 0.6 is 43.5 Å². The zero-order valence-electron chi connectivity index (χ0n) is 22.6. The molecule has 0 unspecified atom stereocenters. The first kappa shape index (κ1) is 29.5. The van der Waals surface area contributed by atoms with Gasteiger partial charge in [-0.3, -0.25) is 14.6 Å². The second-order valence-electron chi connectivity index (χ2n) is 11.0. The summed E-state index contributed by atoms with van der Waals surface area (Å²) in [5, 5.41) is 0.737. The van der Waals surface area contributed by atoms with E-state index in [1.807, 2.05) is 17.2 Å². The van der Waals surface area contributed by atoms with Crippen molar-refractivity contribution >= 4 is 61.2 Å². The van der Waals surface area contributed by atoms with Gasteiger partial charge in [-0.05, 0) is 108 Å². The van der Waals surface area contributed by atoms with Crippen LogP contribution in [-0.2, 0) is 32.0 Å². The Kier molecular flexibility index (Phi) is 9.52. The highest BCUT2D eigenvalue weighted by molar-refractivity contribution is 9.10. The molecular weight excluding hydrogens is 662 g/mol. The first-order valence-electron chi connectivity index (χ1n) is 14.1. The Morgan fingerprint density at radius 1 is 0.975 bits per heavy atom. The Hall–Kier alpha value is -1.97. The first-order valence-corrected chi connectivity index (χ1v) is 16.1. The standard InChI is InChI=1S/C30H34Br2ClN3O4/c1-2-40-30(39)29(38)36-9-5-18(6-10-36)13-25(37)35-11-7-19(8-12-35)27-26-20(15-23(33)16-24(26)32)3-4-21-14-22(31)17-34-28(21)27/h14-19,27H,2-13H2,1H3/t27-/m1/s1. The molecule has 0 saturated carbocycles. The first-order chi connectivity index (χ1) is 19.2. The van der Waals surface area contributed by atoms with E-state index >= 15 is 0 Å². The zero-order valence-corrected chi connectivity index (χ0v) is 26.6. The average Bonchev–Trinajstić information content (AvgIpc) is 3.10. The van der Waals surface area contributed by atoms with Gasteiger partial charge in [0, 0.05) is 58.7 Å². The Morgan fingerprint density at radius 3 is 2.35 bits per heavy atom. The fourth-order valence-electron chi connectivity index (χ4n) is 6.55. The van der Waals surface area contributed by atoms with Gasteiger partial charge in [0.15, 0.2) is 0 Å². The van der Waals surface area contributed by atoms with Crippen molar-refractivity contribution in [3.8, 4) is 0 Å². The van der Waals surface area contributed by atoms with E-state index in [2.05, 4.69) is 44.0 Å². The molecule has 5 rings (SSSR count). The summed E-state index contributed by atoms with van der Waals surface area (Å²) in [5.41, 5.74) is 4.96. The highest BCUT2D eigenvalue weighted by Gasteiger charge is 2.37. The summed E-state index contributed by atoms with van der Waals surface area (Å²) in [6.45, 7) is 4.30. The third kappa shape index (κ3) is 6.41. The van der Waals surface area contributed by atoms with Crippen LogP contribution in [-0.4, -0.2) is 65.4 Å². The zero-order chi connectivity index (χ0) is 28.4. The van der Waals surface area contributed by atoms with Crippen LogP contribution in [0.2, 0.25) is 5.02 Å². The molecule has 40 heavy (non-hydrogen) atoms. The lowest BCUT2D eigenvalue weighted by Crippen LogP contribution is -2.44. The number of benzene rings is 1. The van der Waals surface area contributed by atoms with Crippen LogP contribution in [0.5, 0.6) is 0 Å². The number of nitrogens with zero attached hydrogens (tertiary/aromatic N) is 3. The van der Waals surface area contributed by atoms with Crippen molar-refractivity contribution in [1.29, 1.82) is 0 Å². The van der Waals surface area contributed by atoms with Crippen molar-refractivity contribution in [1.82, 2.24) is 14.8 Å². The number of hydrogen-bond donors (Lipinski definition) is 0. The smallest absolute Gasteiger partial charge is 0.397 e. The molecule has 10 heteroatoms. The Bertz CT molecular complexity index is 1290. The molecule has 0 N–H and O–H groups in total. The van der Waals surface area contributed by atoms with Crippen molar-refractivity contribution in [3.63, 3.8) is 0 Å². The number of aryl methyl sites for hydroxylation is 2. The summed E-state index contributed by atoms with van der Waals surface area (Å²) in [7, 11) is 0. The normalized spacial score (nSPS) is 19.9. The summed E-state index contributed by atoms with van der Waals surface area (Å²) >= 11 is 13.9. The van der Waals surface area contributed by atoms with Gasteiger partial charge in [0.25, 0.3) is 0 Å². The molecule has 214 valence electrons.